The molecule has 0 fully saturated rings. The fourth-order valence-corrected chi connectivity index (χ4v) is 5.42. The molecule has 1 atom stereocenters. The average Bonchev–Trinajstić information content (AvgIpc) is 2.86. The van der Waals surface area contributed by atoms with Crippen LogP contribution >= 0.6 is 11.8 Å². The summed E-state index contributed by atoms with van der Waals surface area (Å²) in [7, 11) is 0. The lowest BCUT2D eigenvalue weighted by atomic mass is 10.0. The normalized spacial score (nSPS) is 14.4. The van der Waals surface area contributed by atoms with Gasteiger partial charge >= 0.3 is 0 Å². The minimum Gasteiger partial charge on any atom is -0.854 e. The van der Waals surface area contributed by atoms with Crippen LogP contribution in [-0.4, -0.2) is 34.8 Å². The highest BCUT2D eigenvalue weighted by Crippen LogP contribution is 2.41. The number of hydrogen-bond acceptors (Lipinski definition) is 6. The van der Waals surface area contributed by atoms with Gasteiger partial charge in [0.15, 0.2) is 0 Å². The van der Waals surface area contributed by atoms with Crippen molar-refractivity contribution in [2.75, 3.05) is 28.6 Å². The molecule has 0 N–H and O–H groups in total. The van der Waals surface area contributed by atoms with Crippen LogP contribution in [0, 0.1) is 0 Å². The second kappa shape index (κ2) is 11.1. The zero-order chi connectivity index (χ0) is 24.9. The van der Waals surface area contributed by atoms with Gasteiger partial charge in [-0.2, -0.15) is 0 Å². The number of unbranched alkanes of at least 4 members (excludes halogenated alkanes) is 2. The molecule has 0 saturated heterocycles. The number of benzene rings is 2. The second-order valence-corrected chi connectivity index (χ2v) is 9.65. The fourth-order valence-electron chi connectivity index (χ4n) is 4.60. The zero-order valence-corrected chi connectivity index (χ0v) is 21.7. The second-order valence-electron chi connectivity index (χ2n) is 8.59. The fraction of sp³-hybridized carbons (Fsp3) is 0.407. The number of thioether (sulfide) groups is 1. The van der Waals surface area contributed by atoms with Crippen molar-refractivity contribution in [1.29, 1.82) is 0 Å². The summed E-state index contributed by atoms with van der Waals surface area (Å²) in [4.78, 5) is 21.3. The van der Waals surface area contributed by atoms with Gasteiger partial charge < -0.3 is 10.0 Å². The van der Waals surface area contributed by atoms with E-state index in [2.05, 4.69) is 42.8 Å². The van der Waals surface area contributed by atoms with Gasteiger partial charge in [-0.3, -0.25) is 4.79 Å². The van der Waals surface area contributed by atoms with Crippen LogP contribution in [-0.2, 0) is 4.79 Å². The Bertz CT molecular complexity index is 1180. The van der Waals surface area contributed by atoms with Crippen molar-refractivity contribution in [2.45, 2.75) is 58.3 Å². The predicted molar refractivity (Wildman–Crippen MR) is 139 cm³/mol. The molecular formula is C27H33N5O2S. The molecule has 1 aliphatic heterocycles. The van der Waals surface area contributed by atoms with Crippen LogP contribution in [0.5, 0.6) is 5.88 Å². The monoisotopic (exact) mass is 491 g/mol. The standard InChI is InChI=1S/C27H33N5O2S/c1-5-8-11-18-35-27-28-25(34)24-22-12-9-10-13-23(22)31(19(4)33)26(32(24)29-27)20-14-16-21(17-15-20)30(6-2)7-3/h9-10,12-17,26H,5-8,11,18H2,1-4H3. The van der Waals surface area contributed by atoms with Crippen molar-refractivity contribution < 1.29 is 14.6 Å². The number of aromatic nitrogens is 3. The topological polar surface area (TPSA) is 76.3 Å². The number of anilines is 2. The molecule has 35 heavy (non-hydrogen) atoms. The highest BCUT2D eigenvalue weighted by molar-refractivity contribution is 7.99. The van der Waals surface area contributed by atoms with Crippen LogP contribution in [0.25, 0.3) is 11.3 Å². The van der Waals surface area contributed by atoms with Gasteiger partial charge in [0.25, 0.3) is 17.0 Å². The largest absolute Gasteiger partial charge is 0.854 e. The minimum atomic E-state index is -0.575. The maximum Gasteiger partial charge on any atom is 0.293 e. The predicted octanol–water partition coefficient (Wildman–Crippen LogP) is 4.55. The molecule has 0 aliphatic carbocycles. The van der Waals surface area contributed by atoms with E-state index in [1.807, 2.05) is 36.4 Å². The van der Waals surface area contributed by atoms with E-state index in [1.165, 1.54) is 11.8 Å². The lowest BCUT2D eigenvalue weighted by Crippen LogP contribution is -2.58. The third-order valence-electron chi connectivity index (χ3n) is 6.36. The molecule has 2 aromatic carbocycles. The average molecular weight is 492 g/mol. The summed E-state index contributed by atoms with van der Waals surface area (Å²) in [6.45, 7) is 9.80. The highest BCUT2D eigenvalue weighted by Gasteiger charge is 2.43. The van der Waals surface area contributed by atoms with Crippen molar-refractivity contribution in [3.8, 4) is 17.1 Å². The smallest absolute Gasteiger partial charge is 0.293 e. The molecule has 184 valence electrons. The van der Waals surface area contributed by atoms with Crippen LogP contribution in [0.4, 0.5) is 11.4 Å². The summed E-state index contributed by atoms with van der Waals surface area (Å²) in [6.07, 6.45) is 2.72. The van der Waals surface area contributed by atoms with Crippen LogP contribution in [0.2, 0.25) is 0 Å². The van der Waals surface area contributed by atoms with Crippen molar-refractivity contribution in [3.05, 3.63) is 54.1 Å². The number of carbonyl (C=O) groups is 1. The van der Waals surface area contributed by atoms with E-state index in [0.717, 1.165) is 49.4 Å². The van der Waals surface area contributed by atoms with Crippen molar-refractivity contribution in [2.24, 2.45) is 0 Å². The Hall–Kier alpha value is -3.13. The summed E-state index contributed by atoms with van der Waals surface area (Å²) in [5, 5.41) is 18.6. The number of nitrogens with zero attached hydrogens (tertiary/aromatic N) is 5. The molecule has 1 amide bonds. The van der Waals surface area contributed by atoms with Gasteiger partial charge in [0.1, 0.15) is 0 Å². The summed E-state index contributed by atoms with van der Waals surface area (Å²) in [5.74, 6) is 0.415. The van der Waals surface area contributed by atoms with Gasteiger partial charge in [-0.05, 0) is 56.7 Å². The molecule has 7 nitrogen and oxygen atoms in total. The Balaban J connectivity index is 1.85. The van der Waals surface area contributed by atoms with Gasteiger partial charge in [-0.1, -0.05) is 48.3 Å². The summed E-state index contributed by atoms with van der Waals surface area (Å²) < 4.78 is 1.70. The molecule has 0 spiro atoms. The van der Waals surface area contributed by atoms with Crippen molar-refractivity contribution in [1.82, 2.24) is 10.1 Å². The van der Waals surface area contributed by atoms with E-state index in [9.17, 15) is 9.90 Å². The van der Waals surface area contributed by atoms with Gasteiger partial charge in [-0.25, -0.2) is 9.88 Å². The maximum atomic E-state index is 13.3. The molecule has 0 bridgehead atoms. The van der Waals surface area contributed by atoms with Crippen LogP contribution in [0.1, 0.15) is 58.7 Å². The molecule has 0 saturated carbocycles. The van der Waals surface area contributed by atoms with E-state index in [-0.39, 0.29) is 11.8 Å². The lowest BCUT2D eigenvalue weighted by molar-refractivity contribution is -0.764. The molecule has 4 rings (SSSR count). The molecule has 0 radical (unpaired) electrons. The summed E-state index contributed by atoms with van der Waals surface area (Å²) in [6, 6.07) is 15.7. The highest BCUT2D eigenvalue weighted by atomic mass is 32.2. The van der Waals surface area contributed by atoms with Crippen LogP contribution in [0.15, 0.2) is 53.7 Å². The quantitative estimate of drug-likeness (QED) is 0.248. The summed E-state index contributed by atoms with van der Waals surface area (Å²) in [5.41, 5.74) is 3.78. The molecule has 1 aliphatic rings. The van der Waals surface area contributed by atoms with E-state index in [4.69, 9.17) is 5.10 Å². The first-order valence-electron chi connectivity index (χ1n) is 12.4. The molecule has 1 unspecified atom stereocenters. The van der Waals surface area contributed by atoms with E-state index < -0.39 is 6.17 Å². The van der Waals surface area contributed by atoms with Crippen molar-refractivity contribution >= 4 is 29.0 Å². The number of amides is 1. The van der Waals surface area contributed by atoms with Crippen molar-refractivity contribution in [3.63, 3.8) is 0 Å². The first-order chi connectivity index (χ1) is 17.0. The van der Waals surface area contributed by atoms with Gasteiger partial charge in [0, 0.05) is 42.1 Å². The molecule has 3 aromatic rings. The van der Waals surface area contributed by atoms with E-state index in [0.29, 0.717) is 22.1 Å². The molecular weight excluding hydrogens is 458 g/mol. The Labute approximate surface area is 211 Å². The first kappa shape index (κ1) is 25.0. The first-order valence-corrected chi connectivity index (χ1v) is 13.4. The zero-order valence-electron chi connectivity index (χ0n) is 20.9. The Kier molecular flexibility index (Phi) is 7.90. The SMILES string of the molecule is CCCCCSc1nc([O-])c2[n+](n1)C(c1ccc(N(CC)CC)cc1)N(C(C)=O)c1ccccc1-2. The lowest BCUT2D eigenvalue weighted by Gasteiger charge is -2.33. The molecule has 8 heteroatoms. The number of carbonyl (C=O) groups excluding carboxylic acids is 1. The Morgan fingerprint density at radius 1 is 1.09 bits per heavy atom. The number of rotatable bonds is 9. The van der Waals surface area contributed by atoms with Crippen LogP contribution < -0.4 is 19.6 Å². The van der Waals surface area contributed by atoms with Crippen LogP contribution in [0.3, 0.4) is 0 Å². The maximum absolute atomic E-state index is 13.3. The number of fused-ring (bicyclic) bond motifs is 3. The minimum absolute atomic E-state index is 0.114. The van der Waals surface area contributed by atoms with Gasteiger partial charge in [0.05, 0.1) is 17.1 Å². The summed E-state index contributed by atoms with van der Waals surface area (Å²) >= 11 is 1.49. The molecule has 1 aromatic heterocycles. The Morgan fingerprint density at radius 2 is 1.80 bits per heavy atom. The third kappa shape index (κ3) is 4.98. The number of para-hydroxylation sites is 1. The van der Waals surface area contributed by atoms with E-state index >= 15 is 0 Å². The van der Waals surface area contributed by atoms with E-state index in [1.54, 1.807) is 16.5 Å². The molecule has 2 heterocycles. The van der Waals surface area contributed by atoms with Gasteiger partial charge in [-0.15, -0.1) is 0 Å². The Morgan fingerprint density at radius 3 is 2.46 bits per heavy atom. The third-order valence-corrected chi connectivity index (χ3v) is 7.28. The number of hydrogen-bond donors (Lipinski definition) is 0. The van der Waals surface area contributed by atoms with Gasteiger partial charge in [0.2, 0.25) is 5.91 Å².